The van der Waals surface area contributed by atoms with Crippen molar-refractivity contribution in [2.75, 3.05) is 0 Å². The van der Waals surface area contributed by atoms with Crippen molar-refractivity contribution in [1.82, 2.24) is 10.3 Å². The van der Waals surface area contributed by atoms with Crippen LogP contribution in [-0.2, 0) is 4.79 Å². The van der Waals surface area contributed by atoms with Crippen LogP contribution in [0.3, 0.4) is 0 Å². The number of nitrogens with one attached hydrogen (secondary N) is 1. The molecule has 1 aromatic heterocycles. The van der Waals surface area contributed by atoms with Crippen LogP contribution in [0.15, 0.2) is 60.8 Å². The molecule has 0 bridgehead atoms. The summed E-state index contributed by atoms with van der Waals surface area (Å²) < 4.78 is 0. The molecule has 1 atom stereocenters. The quantitative estimate of drug-likeness (QED) is 0.735. The van der Waals surface area contributed by atoms with Crippen LogP contribution in [0.4, 0.5) is 0 Å². The zero-order chi connectivity index (χ0) is 17.8. The number of fused-ring (bicyclic) bond motifs is 1. The van der Waals surface area contributed by atoms with Crippen LogP contribution in [0.1, 0.15) is 37.4 Å². The number of carbonyl (C=O) groups excluding carboxylic acids is 1. The molecule has 4 nitrogen and oxygen atoms in total. The van der Waals surface area contributed by atoms with Crippen LogP contribution in [-0.4, -0.2) is 16.0 Å². The molecule has 0 aliphatic heterocycles. The van der Waals surface area contributed by atoms with Gasteiger partial charge in [0, 0.05) is 23.6 Å². The van der Waals surface area contributed by atoms with Crippen molar-refractivity contribution >= 4 is 16.8 Å². The van der Waals surface area contributed by atoms with E-state index >= 15 is 0 Å². The Morgan fingerprint density at radius 1 is 1.08 bits per heavy atom. The molecule has 2 N–H and O–H groups in total. The maximum atomic E-state index is 12.4. The molecule has 0 saturated carbocycles. The van der Waals surface area contributed by atoms with Crippen LogP contribution in [0.5, 0.6) is 5.75 Å². The minimum atomic E-state index is -0.418. The molecule has 3 rings (SSSR count). The van der Waals surface area contributed by atoms with Crippen molar-refractivity contribution in [3.05, 3.63) is 71.9 Å². The molecule has 1 unspecified atom stereocenters. The summed E-state index contributed by atoms with van der Waals surface area (Å²) >= 11 is 0. The van der Waals surface area contributed by atoms with E-state index in [4.69, 9.17) is 0 Å². The van der Waals surface area contributed by atoms with E-state index in [2.05, 4.69) is 10.3 Å². The molecule has 0 spiro atoms. The van der Waals surface area contributed by atoms with Gasteiger partial charge in [-0.15, -0.1) is 0 Å². The SMILES string of the molecule is CC(C)CC(=O)NC(c1ccccc1)c1ccc2cccnc2c1O. The van der Waals surface area contributed by atoms with Gasteiger partial charge in [0.05, 0.1) is 6.04 Å². The van der Waals surface area contributed by atoms with Gasteiger partial charge in [0.15, 0.2) is 0 Å². The van der Waals surface area contributed by atoms with Crippen molar-refractivity contribution in [2.24, 2.45) is 5.92 Å². The molecule has 0 aliphatic carbocycles. The van der Waals surface area contributed by atoms with Crippen molar-refractivity contribution in [3.8, 4) is 5.75 Å². The molecule has 1 amide bonds. The lowest BCUT2D eigenvalue weighted by Crippen LogP contribution is -2.30. The van der Waals surface area contributed by atoms with Gasteiger partial charge >= 0.3 is 0 Å². The third-order valence-corrected chi connectivity index (χ3v) is 4.12. The minimum Gasteiger partial charge on any atom is -0.505 e. The third kappa shape index (κ3) is 3.79. The lowest BCUT2D eigenvalue weighted by molar-refractivity contribution is -0.122. The topological polar surface area (TPSA) is 62.2 Å². The minimum absolute atomic E-state index is 0.0376. The predicted octanol–water partition coefficient (Wildman–Crippen LogP) is 4.19. The first-order valence-electron chi connectivity index (χ1n) is 8.47. The fourth-order valence-electron chi connectivity index (χ4n) is 2.96. The van der Waals surface area contributed by atoms with Gasteiger partial charge in [0.1, 0.15) is 11.3 Å². The molecule has 0 radical (unpaired) electrons. The molecule has 25 heavy (non-hydrogen) atoms. The van der Waals surface area contributed by atoms with Gasteiger partial charge in [-0.25, -0.2) is 0 Å². The second-order valence-corrected chi connectivity index (χ2v) is 6.59. The van der Waals surface area contributed by atoms with E-state index in [1.807, 2.05) is 68.4 Å². The average molecular weight is 334 g/mol. The molecule has 0 aliphatic rings. The highest BCUT2D eigenvalue weighted by atomic mass is 16.3. The van der Waals surface area contributed by atoms with Crippen LogP contribution in [0.25, 0.3) is 10.9 Å². The first-order valence-corrected chi connectivity index (χ1v) is 8.47. The number of amides is 1. The van der Waals surface area contributed by atoms with Crippen molar-refractivity contribution in [1.29, 1.82) is 0 Å². The molecule has 4 heteroatoms. The fourth-order valence-corrected chi connectivity index (χ4v) is 2.96. The summed E-state index contributed by atoms with van der Waals surface area (Å²) in [6.45, 7) is 4.02. The van der Waals surface area contributed by atoms with Crippen molar-refractivity contribution in [3.63, 3.8) is 0 Å². The Labute approximate surface area is 147 Å². The maximum Gasteiger partial charge on any atom is 0.221 e. The lowest BCUT2D eigenvalue weighted by atomic mass is 9.96. The molecule has 128 valence electrons. The van der Waals surface area contributed by atoms with Crippen molar-refractivity contribution in [2.45, 2.75) is 26.3 Å². The van der Waals surface area contributed by atoms with E-state index in [1.165, 1.54) is 0 Å². The van der Waals surface area contributed by atoms with Gasteiger partial charge in [-0.3, -0.25) is 9.78 Å². The van der Waals surface area contributed by atoms with Gasteiger partial charge in [-0.2, -0.15) is 0 Å². The largest absolute Gasteiger partial charge is 0.505 e. The van der Waals surface area contributed by atoms with Crippen LogP contribution >= 0.6 is 0 Å². The second kappa shape index (κ2) is 7.34. The van der Waals surface area contributed by atoms with Gasteiger partial charge in [0.2, 0.25) is 5.91 Å². The maximum absolute atomic E-state index is 12.4. The number of pyridine rings is 1. The number of nitrogens with zero attached hydrogens (tertiary/aromatic N) is 1. The highest BCUT2D eigenvalue weighted by molar-refractivity contribution is 5.86. The summed E-state index contributed by atoms with van der Waals surface area (Å²) in [5.74, 6) is 0.337. The Kier molecular flexibility index (Phi) is 4.98. The Hall–Kier alpha value is -2.88. The molecule has 3 aromatic rings. The second-order valence-electron chi connectivity index (χ2n) is 6.59. The fraction of sp³-hybridized carbons (Fsp3) is 0.238. The Bertz CT molecular complexity index is 875. The number of aromatic nitrogens is 1. The zero-order valence-electron chi connectivity index (χ0n) is 14.4. The number of hydrogen-bond donors (Lipinski definition) is 2. The molecular weight excluding hydrogens is 312 g/mol. The van der Waals surface area contributed by atoms with E-state index in [9.17, 15) is 9.90 Å². The number of carbonyl (C=O) groups is 1. The summed E-state index contributed by atoms with van der Waals surface area (Å²) in [7, 11) is 0. The number of phenolic OH excluding ortho intramolecular Hbond substituents is 1. The third-order valence-electron chi connectivity index (χ3n) is 4.12. The number of rotatable bonds is 5. The highest BCUT2D eigenvalue weighted by Crippen LogP contribution is 2.34. The summed E-state index contributed by atoms with van der Waals surface area (Å²) in [6, 6.07) is 16.8. The van der Waals surface area contributed by atoms with E-state index in [0.29, 0.717) is 17.5 Å². The number of hydrogen-bond acceptors (Lipinski definition) is 3. The smallest absolute Gasteiger partial charge is 0.221 e. The summed E-state index contributed by atoms with van der Waals surface area (Å²) in [6.07, 6.45) is 2.09. The number of aromatic hydroxyl groups is 1. The molecule has 0 fully saturated rings. The average Bonchev–Trinajstić information content (AvgIpc) is 2.61. The van der Waals surface area contributed by atoms with Gasteiger partial charge < -0.3 is 10.4 Å². The van der Waals surface area contributed by atoms with Crippen LogP contribution in [0, 0.1) is 5.92 Å². The van der Waals surface area contributed by atoms with E-state index in [-0.39, 0.29) is 17.6 Å². The molecule has 1 heterocycles. The Balaban J connectivity index is 2.05. The number of benzene rings is 2. The Morgan fingerprint density at radius 3 is 2.56 bits per heavy atom. The van der Waals surface area contributed by atoms with Gasteiger partial charge in [-0.05, 0) is 17.5 Å². The predicted molar refractivity (Wildman–Crippen MR) is 99.3 cm³/mol. The Morgan fingerprint density at radius 2 is 1.84 bits per heavy atom. The van der Waals surface area contributed by atoms with E-state index in [1.54, 1.807) is 6.20 Å². The van der Waals surface area contributed by atoms with Gasteiger partial charge in [-0.1, -0.05) is 62.4 Å². The standard InChI is InChI=1S/C21H22N2O2/c1-14(2)13-18(24)23-19(15-7-4-3-5-8-15)17-11-10-16-9-6-12-22-20(16)21(17)25/h3-12,14,19,25H,13H2,1-2H3,(H,23,24). The molecule has 2 aromatic carbocycles. The van der Waals surface area contributed by atoms with E-state index in [0.717, 1.165) is 10.9 Å². The lowest BCUT2D eigenvalue weighted by Gasteiger charge is -2.22. The first-order chi connectivity index (χ1) is 12.1. The van der Waals surface area contributed by atoms with E-state index < -0.39 is 6.04 Å². The zero-order valence-corrected chi connectivity index (χ0v) is 14.4. The summed E-state index contributed by atoms with van der Waals surface area (Å²) in [5, 5.41) is 14.7. The molecule has 0 saturated heterocycles. The highest BCUT2D eigenvalue weighted by Gasteiger charge is 2.21. The van der Waals surface area contributed by atoms with Gasteiger partial charge in [0.25, 0.3) is 0 Å². The van der Waals surface area contributed by atoms with Crippen LogP contribution in [0.2, 0.25) is 0 Å². The summed E-state index contributed by atoms with van der Waals surface area (Å²) in [4.78, 5) is 16.7. The van der Waals surface area contributed by atoms with Crippen LogP contribution < -0.4 is 5.32 Å². The molecular formula is C21H22N2O2. The normalized spacial score (nSPS) is 12.3. The number of phenols is 1. The summed E-state index contributed by atoms with van der Waals surface area (Å²) in [5.41, 5.74) is 2.11. The van der Waals surface area contributed by atoms with Crippen molar-refractivity contribution < 1.29 is 9.90 Å². The monoisotopic (exact) mass is 334 g/mol. The first kappa shape index (κ1) is 17.0.